The molecule has 0 spiro atoms. The number of amides is 1. The third-order valence-electron chi connectivity index (χ3n) is 5.04. The summed E-state index contributed by atoms with van der Waals surface area (Å²) in [7, 11) is 3.17. The number of para-hydroxylation sites is 1. The molecular formula is C23H27N3O4S. The van der Waals surface area contributed by atoms with Crippen LogP contribution in [0.4, 0.5) is 17.1 Å². The van der Waals surface area contributed by atoms with Gasteiger partial charge in [-0.1, -0.05) is 26.8 Å². The summed E-state index contributed by atoms with van der Waals surface area (Å²) in [5.74, 6) is -0.646. The third-order valence-corrected chi connectivity index (χ3v) is 6.11. The number of carbonyl (C=O) groups is 1. The van der Waals surface area contributed by atoms with Crippen LogP contribution < -0.4 is 21.5 Å². The minimum absolute atomic E-state index is 0.0808. The molecule has 1 atom stereocenters. The summed E-state index contributed by atoms with van der Waals surface area (Å²) in [5, 5.41) is 16.7. The molecule has 164 valence electrons. The van der Waals surface area contributed by atoms with Crippen molar-refractivity contribution in [2.75, 3.05) is 24.7 Å². The standard InChI is InChI=1S/C23H27N3O4S/c1-12-10-11-15(31-12)21(23(2,3)4)25-17-16(19(28)20(17)29)24-14-9-7-8-13(18(14)27)22(30)26(5)6/h7-11,21,24-25,27H,1-6H3/t21-/m0/s1. The number of nitrogens with zero attached hydrogens (tertiary/aromatic N) is 1. The van der Waals surface area contributed by atoms with Crippen LogP contribution in [0, 0.1) is 12.3 Å². The van der Waals surface area contributed by atoms with Gasteiger partial charge in [-0.3, -0.25) is 14.4 Å². The van der Waals surface area contributed by atoms with E-state index in [0.29, 0.717) is 0 Å². The van der Waals surface area contributed by atoms with Gasteiger partial charge in [0.05, 0.1) is 17.3 Å². The van der Waals surface area contributed by atoms with E-state index >= 15 is 0 Å². The second kappa shape index (κ2) is 8.19. The Hall–Kier alpha value is -3.13. The van der Waals surface area contributed by atoms with E-state index in [9.17, 15) is 19.5 Å². The lowest BCUT2D eigenvalue weighted by Crippen LogP contribution is -2.39. The van der Waals surface area contributed by atoms with Crippen molar-refractivity contribution in [3.63, 3.8) is 0 Å². The molecule has 3 rings (SSSR count). The molecule has 7 nitrogen and oxygen atoms in total. The molecular weight excluding hydrogens is 414 g/mol. The van der Waals surface area contributed by atoms with Crippen LogP contribution in [0.25, 0.3) is 0 Å². The molecule has 1 aromatic heterocycles. The van der Waals surface area contributed by atoms with Crippen molar-refractivity contribution in [1.29, 1.82) is 0 Å². The summed E-state index contributed by atoms with van der Waals surface area (Å²) in [6, 6.07) is 8.50. The predicted octanol–water partition coefficient (Wildman–Crippen LogP) is 4.00. The topological polar surface area (TPSA) is 98.7 Å². The first-order chi connectivity index (χ1) is 14.4. The Morgan fingerprint density at radius 1 is 1.06 bits per heavy atom. The highest BCUT2D eigenvalue weighted by atomic mass is 32.1. The molecule has 0 fully saturated rings. The van der Waals surface area contributed by atoms with Gasteiger partial charge in [0.15, 0.2) is 5.75 Å². The first kappa shape index (κ1) is 22.6. The average molecular weight is 442 g/mol. The monoisotopic (exact) mass is 441 g/mol. The first-order valence-corrected chi connectivity index (χ1v) is 10.7. The number of hydrogen-bond acceptors (Lipinski definition) is 7. The van der Waals surface area contributed by atoms with Crippen LogP contribution in [-0.4, -0.2) is 30.0 Å². The minimum Gasteiger partial charge on any atom is -0.505 e. The number of benzene rings is 1. The Balaban J connectivity index is 1.96. The number of aryl methyl sites for hydroxylation is 1. The van der Waals surface area contributed by atoms with Crippen molar-refractivity contribution >= 4 is 34.3 Å². The molecule has 0 bridgehead atoms. The Kier molecular flexibility index (Phi) is 5.96. The predicted molar refractivity (Wildman–Crippen MR) is 126 cm³/mol. The number of aromatic hydroxyl groups is 1. The number of hydrogen-bond donors (Lipinski definition) is 3. The van der Waals surface area contributed by atoms with Crippen LogP contribution in [0.5, 0.6) is 5.75 Å². The van der Waals surface area contributed by atoms with Gasteiger partial charge in [0.2, 0.25) is 0 Å². The number of phenols is 1. The van der Waals surface area contributed by atoms with Gasteiger partial charge in [-0.15, -0.1) is 11.3 Å². The average Bonchev–Trinajstić information content (AvgIpc) is 3.12. The van der Waals surface area contributed by atoms with Gasteiger partial charge in [-0.05, 0) is 36.6 Å². The Morgan fingerprint density at radius 2 is 1.71 bits per heavy atom. The van der Waals surface area contributed by atoms with Gasteiger partial charge >= 0.3 is 0 Å². The zero-order valence-electron chi connectivity index (χ0n) is 18.5. The van der Waals surface area contributed by atoms with Crippen LogP contribution >= 0.6 is 11.3 Å². The van der Waals surface area contributed by atoms with Gasteiger partial charge in [-0.2, -0.15) is 0 Å². The highest BCUT2D eigenvalue weighted by Crippen LogP contribution is 2.40. The van der Waals surface area contributed by atoms with Crippen molar-refractivity contribution < 1.29 is 9.90 Å². The molecule has 2 aromatic carbocycles. The summed E-state index contributed by atoms with van der Waals surface area (Å²) in [6.07, 6.45) is 0. The largest absolute Gasteiger partial charge is 0.505 e. The van der Waals surface area contributed by atoms with E-state index in [-0.39, 0.29) is 45.7 Å². The summed E-state index contributed by atoms with van der Waals surface area (Å²) in [5.41, 5.74) is -0.954. The summed E-state index contributed by atoms with van der Waals surface area (Å²) in [4.78, 5) is 40.5. The van der Waals surface area contributed by atoms with Crippen molar-refractivity contribution in [2.24, 2.45) is 5.41 Å². The molecule has 0 unspecified atom stereocenters. The number of nitrogens with one attached hydrogen (secondary N) is 2. The molecule has 8 heteroatoms. The van der Waals surface area contributed by atoms with E-state index < -0.39 is 10.9 Å². The second-order valence-corrected chi connectivity index (χ2v) is 10.1. The quantitative estimate of drug-likeness (QED) is 0.395. The van der Waals surface area contributed by atoms with Gasteiger partial charge < -0.3 is 20.6 Å². The molecule has 3 N–H and O–H groups in total. The summed E-state index contributed by atoms with van der Waals surface area (Å²) in [6.45, 7) is 8.18. The molecule has 0 saturated heterocycles. The number of thiophene rings is 1. The Morgan fingerprint density at radius 3 is 2.26 bits per heavy atom. The first-order valence-electron chi connectivity index (χ1n) is 9.88. The Bertz CT molecular complexity index is 1200. The Labute approximate surface area is 185 Å². The smallest absolute Gasteiger partial charge is 0.257 e. The second-order valence-electron chi connectivity index (χ2n) is 8.83. The van der Waals surface area contributed by atoms with E-state index in [1.54, 1.807) is 37.6 Å². The maximum atomic E-state index is 12.4. The highest BCUT2D eigenvalue weighted by Gasteiger charge is 2.32. The number of anilines is 3. The van der Waals surface area contributed by atoms with Crippen LogP contribution in [0.3, 0.4) is 0 Å². The van der Waals surface area contributed by atoms with E-state index in [1.807, 2.05) is 19.1 Å². The van der Waals surface area contributed by atoms with Crippen molar-refractivity contribution in [1.82, 2.24) is 4.90 Å². The fourth-order valence-electron chi connectivity index (χ4n) is 3.31. The lowest BCUT2D eigenvalue weighted by Gasteiger charge is -2.32. The maximum absolute atomic E-state index is 12.4. The lowest BCUT2D eigenvalue weighted by atomic mass is 9.85. The van der Waals surface area contributed by atoms with Gasteiger partial charge in [-0.25, -0.2) is 0 Å². The fourth-order valence-corrected chi connectivity index (χ4v) is 4.48. The lowest BCUT2D eigenvalue weighted by molar-refractivity contribution is 0.0824. The zero-order chi connectivity index (χ0) is 23.1. The molecule has 0 saturated carbocycles. The highest BCUT2D eigenvalue weighted by molar-refractivity contribution is 7.12. The molecule has 0 radical (unpaired) electrons. The van der Waals surface area contributed by atoms with Crippen molar-refractivity contribution in [3.8, 4) is 5.75 Å². The zero-order valence-corrected chi connectivity index (χ0v) is 19.3. The molecule has 0 aliphatic heterocycles. The van der Waals surface area contributed by atoms with E-state index in [0.717, 1.165) is 9.75 Å². The fraction of sp³-hybridized carbons (Fsp3) is 0.348. The van der Waals surface area contributed by atoms with Crippen LogP contribution in [-0.2, 0) is 0 Å². The van der Waals surface area contributed by atoms with E-state index in [1.165, 1.54) is 11.0 Å². The van der Waals surface area contributed by atoms with Crippen LogP contribution in [0.15, 0.2) is 39.9 Å². The maximum Gasteiger partial charge on any atom is 0.257 e. The number of rotatable bonds is 6. The van der Waals surface area contributed by atoms with Crippen molar-refractivity contribution in [2.45, 2.75) is 33.7 Å². The molecule has 31 heavy (non-hydrogen) atoms. The van der Waals surface area contributed by atoms with Gasteiger partial charge in [0.25, 0.3) is 16.8 Å². The minimum atomic E-state index is -0.666. The van der Waals surface area contributed by atoms with Gasteiger partial charge in [0, 0.05) is 23.8 Å². The molecule has 1 heterocycles. The third kappa shape index (κ3) is 4.34. The molecule has 1 amide bonds. The number of phenolic OH excluding ortho intramolecular Hbond substituents is 1. The van der Waals surface area contributed by atoms with E-state index in [4.69, 9.17) is 0 Å². The van der Waals surface area contributed by atoms with Crippen LogP contribution in [0.2, 0.25) is 0 Å². The van der Waals surface area contributed by atoms with E-state index in [2.05, 4.69) is 31.4 Å². The molecule has 3 aromatic rings. The summed E-state index contributed by atoms with van der Waals surface area (Å²) < 4.78 is 0. The SMILES string of the molecule is Cc1ccc([C@H](Nc2c(Nc3cccc(C(=O)N(C)C)c3O)c(=O)c2=O)C(C)(C)C)s1. The molecule has 0 aliphatic carbocycles. The van der Waals surface area contributed by atoms with Crippen LogP contribution in [0.1, 0.15) is 46.9 Å². The normalized spacial score (nSPS) is 12.6. The number of carbonyl (C=O) groups excluding carboxylic acids is 1. The molecule has 0 aliphatic rings. The van der Waals surface area contributed by atoms with Crippen molar-refractivity contribution in [3.05, 3.63) is 66.1 Å². The summed E-state index contributed by atoms with van der Waals surface area (Å²) >= 11 is 1.63. The van der Waals surface area contributed by atoms with Gasteiger partial charge in [0.1, 0.15) is 11.4 Å².